The van der Waals surface area contributed by atoms with Crippen LogP contribution in [0.15, 0.2) is 76.5 Å². The first-order valence-electron chi connectivity index (χ1n) is 9.44. The quantitative estimate of drug-likeness (QED) is 0.315. The maximum absolute atomic E-state index is 2.36. The van der Waals surface area contributed by atoms with E-state index in [-0.39, 0.29) is 5.41 Å². The molecule has 0 radical (unpaired) electrons. The van der Waals surface area contributed by atoms with E-state index >= 15 is 0 Å². The molecule has 0 bridgehead atoms. The maximum atomic E-state index is 2.36. The third-order valence-corrected chi connectivity index (χ3v) is 6.87. The zero-order valence-electron chi connectivity index (χ0n) is 16.2. The molecule has 4 aromatic carbocycles. The van der Waals surface area contributed by atoms with E-state index in [0.29, 0.717) is 0 Å². The van der Waals surface area contributed by atoms with Crippen LogP contribution in [-0.2, 0) is 5.41 Å². The Bertz CT molecular complexity index is 1200. The van der Waals surface area contributed by atoms with Gasteiger partial charge >= 0.3 is 0 Å². The zero-order chi connectivity index (χ0) is 18.8. The van der Waals surface area contributed by atoms with Crippen LogP contribution < -0.4 is 4.90 Å². The maximum Gasteiger partial charge on any atom is 0.0556 e. The molecule has 1 nitrogen and oxygen atoms in total. The van der Waals surface area contributed by atoms with Gasteiger partial charge in [0.15, 0.2) is 0 Å². The van der Waals surface area contributed by atoms with Crippen molar-refractivity contribution in [1.82, 2.24) is 0 Å². The molecule has 0 fully saturated rings. The van der Waals surface area contributed by atoms with Gasteiger partial charge in [-0.1, -0.05) is 87.1 Å². The lowest BCUT2D eigenvalue weighted by Gasteiger charge is -2.31. The van der Waals surface area contributed by atoms with Gasteiger partial charge in [0.05, 0.1) is 11.4 Å². The predicted molar refractivity (Wildman–Crippen MR) is 119 cm³/mol. The van der Waals surface area contributed by atoms with Gasteiger partial charge in [-0.2, -0.15) is 0 Å². The smallest absolute Gasteiger partial charge is 0.0556 e. The molecule has 0 spiro atoms. The summed E-state index contributed by atoms with van der Waals surface area (Å²) in [6.45, 7) is 6.83. The van der Waals surface area contributed by atoms with E-state index in [4.69, 9.17) is 0 Å². The number of nitrogens with zero attached hydrogens (tertiary/aromatic N) is 1. The molecule has 0 atom stereocenters. The highest BCUT2D eigenvalue weighted by Gasteiger charge is 2.24. The van der Waals surface area contributed by atoms with Gasteiger partial charge in [-0.05, 0) is 44.7 Å². The average Bonchev–Trinajstić information content (AvgIpc) is 2.66. The Balaban J connectivity index is 1.75. The molecule has 27 heavy (non-hydrogen) atoms. The average molecular weight is 370 g/mol. The van der Waals surface area contributed by atoms with E-state index in [9.17, 15) is 0 Å². The van der Waals surface area contributed by atoms with Crippen molar-refractivity contribution in [3.63, 3.8) is 0 Å². The van der Waals surface area contributed by atoms with Gasteiger partial charge in [0, 0.05) is 16.8 Å². The van der Waals surface area contributed by atoms with Crippen molar-refractivity contribution >= 4 is 44.7 Å². The van der Waals surface area contributed by atoms with Gasteiger partial charge in [-0.3, -0.25) is 0 Å². The highest BCUT2D eigenvalue weighted by atomic mass is 32.2. The Morgan fingerprint density at radius 3 is 2.04 bits per heavy atom. The Kier molecular flexibility index (Phi) is 3.57. The largest absolute Gasteiger partial charge is 0.343 e. The van der Waals surface area contributed by atoms with E-state index in [0.717, 1.165) is 0 Å². The lowest BCUT2D eigenvalue weighted by atomic mass is 9.86. The summed E-state index contributed by atoms with van der Waals surface area (Å²) in [4.78, 5) is 5.06. The molecule has 0 saturated heterocycles. The lowest BCUT2D eigenvalue weighted by molar-refractivity contribution is 0.591. The van der Waals surface area contributed by atoms with Crippen molar-refractivity contribution in [2.24, 2.45) is 0 Å². The number of rotatable bonds is 0. The van der Waals surface area contributed by atoms with E-state index in [1.54, 1.807) is 0 Å². The number of anilines is 2. The molecule has 5 rings (SSSR count). The highest BCUT2D eigenvalue weighted by molar-refractivity contribution is 8.00. The summed E-state index contributed by atoms with van der Waals surface area (Å²) in [5.41, 5.74) is 4.13. The van der Waals surface area contributed by atoms with Crippen molar-refractivity contribution in [2.75, 3.05) is 11.9 Å². The van der Waals surface area contributed by atoms with E-state index in [1.807, 2.05) is 11.8 Å². The first-order valence-corrected chi connectivity index (χ1v) is 10.3. The SMILES string of the molecule is CN1c2ccc3ccccc3c2Sc2c1ccc1cc(C(C)(C)C)ccc21. The fraction of sp³-hybridized carbons (Fsp3) is 0.200. The Morgan fingerprint density at radius 2 is 1.33 bits per heavy atom. The monoisotopic (exact) mass is 369 g/mol. The molecule has 0 saturated carbocycles. The molecular weight excluding hydrogens is 346 g/mol. The molecule has 4 aromatic rings. The standard InChI is InChI=1S/C25H23NS/c1-25(2,3)18-11-12-20-17(15-18)10-14-22-24(20)27-23-19-8-6-5-7-16(19)9-13-21(23)26(22)4/h5-15H,1-4H3. The van der Waals surface area contributed by atoms with Crippen LogP contribution in [-0.4, -0.2) is 7.05 Å². The van der Waals surface area contributed by atoms with Gasteiger partial charge in [-0.15, -0.1) is 0 Å². The molecule has 0 N–H and O–H groups in total. The van der Waals surface area contributed by atoms with Crippen molar-refractivity contribution in [3.05, 3.63) is 72.3 Å². The van der Waals surface area contributed by atoms with Crippen LogP contribution in [0.2, 0.25) is 0 Å². The van der Waals surface area contributed by atoms with E-state index < -0.39 is 0 Å². The van der Waals surface area contributed by atoms with Crippen LogP contribution in [0.3, 0.4) is 0 Å². The molecule has 1 aliphatic rings. The third kappa shape index (κ3) is 2.55. The van der Waals surface area contributed by atoms with E-state index in [2.05, 4.69) is 99.4 Å². The summed E-state index contributed by atoms with van der Waals surface area (Å²) < 4.78 is 0. The van der Waals surface area contributed by atoms with Crippen LogP contribution in [0, 0.1) is 0 Å². The minimum absolute atomic E-state index is 0.164. The number of benzene rings is 4. The number of hydrogen-bond donors (Lipinski definition) is 0. The fourth-order valence-electron chi connectivity index (χ4n) is 3.96. The molecule has 0 aromatic heterocycles. The van der Waals surface area contributed by atoms with Crippen molar-refractivity contribution < 1.29 is 0 Å². The summed E-state index contributed by atoms with van der Waals surface area (Å²) in [7, 11) is 2.18. The Labute approximate surface area is 165 Å². The van der Waals surface area contributed by atoms with Crippen LogP contribution in [0.1, 0.15) is 26.3 Å². The molecule has 1 aliphatic heterocycles. The fourth-order valence-corrected chi connectivity index (χ4v) is 5.38. The third-order valence-electron chi connectivity index (χ3n) is 5.60. The van der Waals surface area contributed by atoms with Crippen LogP contribution >= 0.6 is 11.8 Å². The molecule has 2 heteroatoms. The number of hydrogen-bond acceptors (Lipinski definition) is 2. The molecule has 1 heterocycles. The molecule has 0 unspecified atom stereocenters. The molecule has 0 amide bonds. The van der Waals surface area contributed by atoms with Gasteiger partial charge in [0.25, 0.3) is 0 Å². The minimum atomic E-state index is 0.164. The first-order chi connectivity index (χ1) is 12.9. The van der Waals surface area contributed by atoms with Crippen LogP contribution in [0.4, 0.5) is 11.4 Å². The van der Waals surface area contributed by atoms with Crippen LogP contribution in [0.25, 0.3) is 21.5 Å². The normalized spacial score (nSPS) is 13.7. The number of fused-ring (bicyclic) bond motifs is 6. The summed E-state index contributed by atoms with van der Waals surface area (Å²) in [6, 6.07) is 24.7. The topological polar surface area (TPSA) is 3.24 Å². The predicted octanol–water partition coefficient (Wildman–Crippen LogP) is 7.52. The minimum Gasteiger partial charge on any atom is -0.343 e. The Morgan fingerprint density at radius 1 is 0.704 bits per heavy atom. The van der Waals surface area contributed by atoms with Gasteiger partial charge in [0.1, 0.15) is 0 Å². The second-order valence-electron chi connectivity index (χ2n) is 8.40. The summed E-state index contributed by atoms with van der Waals surface area (Å²) in [5.74, 6) is 0. The zero-order valence-corrected chi connectivity index (χ0v) is 17.0. The molecular formula is C25H23NS. The summed E-state index contributed by atoms with van der Waals surface area (Å²) >= 11 is 1.92. The lowest BCUT2D eigenvalue weighted by Crippen LogP contribution is -2.15. The second kappa shape index (κ2) is 5.77. The van der Waals surface area contributed by atoms with Gasteiger partial charge < -0.3 is 4.90 Å². The highest BCUT2D eigenvalue weighted by Crippen LogP contribution is 2.52. The Hall–Kier alpha value is -2.45. The van der Waals surface area contributed by atoms with Gasteiger partial charge in [-0.25, -0.2) is 0 Å². The van der Waals surface area contributed by atoms with Crippen molar-refractivity contribution in [2.45, 2.75) is 36.0 Å². The van der Waals surface area contributed by atoms with E-state index in [1.165, 1.54) is 48.3 Å². The summed E-state index contributed by atoms with van der Waals surface area (Å²) in [5, 5.41) is 5.30. The van der Waals surface area contributed by atoms with Gasteiger partial charge in [0.2, 0.25) is 0 Å². The van der Waals surface area contributed by atoms with Crippen molar-refractivity contribution in [1.29, 1.82) is 0 Å². The molecule has 134 valence electrons. The molecule has 0 aliphatic carbocycles. The first kappa shape index (κ1) is 16.7. The summed E-state index contributed by atoms with van der Waals surface area (Å²) in [6.07, 6.45) is 0. The van der Waals surface area contributed by atoms with Crippen molar-refractivity contribution in [3.8, 4) is 0 Å². The second-order valence-corrected chi connectivity index (χ2v) is 9.42. The van der Waals surface area contributed by atoms with Crippen LogP contribution in [0.5, 0.6) is 0 Å².